The first kappa shape index (κ1) is 14.8. The molecule has 0 saturated carbocycles. The molecule has 1 aromatic heterocycles. The van der Waals surface area contributed by atoms with E-state index in [1.54, 1.807) is 0 Å². The fourth-order valence-corrected chi connectivity index (χ4v) is 2.06. The number of hydrogen-bond donors (Lipinski definition) is 2. The largest absolute Gasteiger partial charge is 0.352 e. The van der Waals surface area contributed by atoms with Gasteiger partial charge in [0.25, 0.3) is 0 Å². The van der Waals surface area contributed by atoms with Crippen LogP contribution in [0.15, 0.2) is 18.5 Å². The van der Waals surface area contributed by atoms with Crippen LogP contribution in [0.25, 0.3) is 0 Å². The Balaban J connectivity index is 2.59. The highest BCUT2D eigenvalue weighted by atomic mass is 16.2. The lowest BCUT2D eigenvalue weighted by atomic mass is 10.1. The summed E-state index contributed by atoms with van der Waals surface area (Å²) in [6.45, 7) is 6.51. The Morgan fingerprint density at radius 3 is 2.72 bits per heavy atom. The van der Waals surface area contributed by atoms with Crippen LogP contribution in [0.3, 0.4) is 0 Å². The van der Waals surface area contributed by atoms with E-state index in [2.05, 4.69) is 29.8 Å². The van der Waals surface area contributed by atoms with Crippen LogP contribution in [0, 0.1) is 0 Å². The number of nitrogens with zero attached hydrogens (tertiary/aromatic N) is 1. The van der Waals surface area contributed by atoms with Gasteiger partial charge in [-0.2, -0.15) is 0 Å². The number of rotatable bonds is 7. The van der Waals surface area contributed by atoms with Gasteiger partial charge >= 0.3 is 0 Å². The first-order valence-electron chi connectivity index (χ1n) is 6.69. The molecule has 1 rings (SSSR count). The molecule has 1 amide bonds. The minimum atomic E-state index is 0.0589. The monoisotopic (exact) mass is 251 g/mol. The predicted octanol–water partition coefficient (Wildman–Crippen LogP) is 2.07. The predicted molar refractivity (Wildman–Crippen MR) is 74.4 cm³/mol. The van der Waals surface area contributed by atoms with Crippen LogP contribution >= 0.6 is 0 Å². The summed E-state index contributed by atoms with van der Waals surface area (Å²) in [5, 5.41) is 6.20. The van der Waals surface area contributed by atoms with Crippen molar-refractivity contribution in [2.45, 2.75) is 52.2 Å². The number of aromatic nitrogens is 1. The van der Waals surface area contributed by atoms with E-state index in [0.29, 0.717) is 12.6 Å². The molecule has 0 bridgehead atoms. The Labute approximate surface area is 110 Å². The summed E-state index contributed by atoms with van der Waals surface area (Å²) in [7, 11) is 1.98. The Morgan fingerprint density at radius 1 is 1.44 bits per heavy atom. The maximum absolute atomic E-state index is 11.6. The molecule has 1 aromatic rings. The second-order valence-corrected chi connectivity index (χ2v) is 4.97. The Hall–Kier alpha value is -1.29. The third-order valence-corrected chi connectivity index (χ3v) is 2.88. The van der Waals surface area contributed by atoms with Crippen molar-refractivity contribution >= 4 is 5.91 Å². The van der Waals surface area contributed by atoms with E-state index in [4.69, 9.17) is 0 Å². The van der Waals surface area contributed by atoms with Gasteiger partial charge in [0, 0.05) is 24.5 Å². The van der Waals surface area contributed by atoms with Crippen LogP contribution in [0.5, 0.6) is 0 Å². The van der Waals surface area contributed by atoms with Gasteiger partial charge < -0.3 is 15.2 Å². The highest BCUT2D eigenvalue weighted by molar-refractivity contribution is 5.75. The minimum Gasteiger partial charge on any atom is -0.352 e. The van der Waals surface area contributed by atoms with Crippen LogP contribution in [0.4, 0.5) is 0 Å². The van der Waals surface area contributed by atoms with E-state index >= 15 is 0 Å². The average molecular weight is 251 g/mol. The van der Waals surface area contributed by atoms with Crippen LogP contribution in [0.1, 0.15) is 45.2 Å². The molecule has 1 heterocycles. The topological polar surface area (TPSA) is 46.1 Å². The molecule has 4 heteroatoms. The van der Waals surface area contributed by atoms with Crippen molar-refractivity contribution in [3.63, 3.8) is 0 Å². The summed E-state index contributed by atoms with van der Waals surface area (Å²) < 4.78 is 1.94. The molecule has 18 heavy (non-hydrogen) atoms. The third-order valence-electron chi connectivity index (χ3n) is 2.88. The van der Waals surface area contributed by atoms with Crippen molar-refractivity contribution in [3.8, 4) is 0 Å². The lowest BCUT2D eigenvalue weighted by Crippen LogP contribution is -2.32. The Bertz CT molecular complexity index is 371. The Morgan fingerprint density at radius 2 is 2.17 bits per heavy atom. The molecule has 0 fully saturated rings. The molecule has 0 radical (unpaired) electrons. The number of nitrogens with one attached hydrogen (secondary N) is 2. The first-order chi connectivity index (χ1) is 8.56. The lowest BCUT2D eigenvalue weighted by Gasteiger charge is -2.13. The Kier molecular flexibility index (Phi) is 5.92. The van der Waals surface area contributed by atoms with Gasteiger partial charge in [-0.1, -0.05) is 13.3 Å². The summed E-state index contributed by atoms with van der Waals surface area (Å²) in [6.07, 6.45) is 6.27. The van der Waals surface area contributed by atoms with E-state index in [0.717, 1.165) is 12.8 Å². The maximum atomic E-state index is 11.6. The highest BCUT2D eigenvalue weighted by Crippen LogP contribution is 2.18. The zero-order valence-corrected chi connectivity index (χ0v) is 11.9. The van der Waals surface area contributed by atoms with Crippen molar-refractivity contribution in [1.82, 2.24) is 15.2 Å². The number of amides is 1. The molecule has 1 atom stereocenters. The molecule has 1 unspecified atom stereocenters. The molecule has 0 saturated heterocycles. The molecule has 0 aliphatic rings. The smallest absolute Gasteiger partial charge is 0.240 e. The van der Waals surface area contributed by atoms with Gasteiger partial charge in [-0.05, 0) is 38.9 Å². The fourth-order valence-electron chi connectivity index (χ4n) is 2.06. The van der Waals surface area contributed by atoms with Gasteiger partial charge in [0.2, 0.25) is 5.91 Å². The van der Waals surface area contributed by atoms with Crippen LogP contribution in [-0.2, 0) is 11.3 Å². The van der Waals surface area contributed by atoms with E-state index in [1.807, 2.05) is 31.7 Å². The van der Waals surface area contributed by atoms with Crippen LogP contribution < -0.4 is 10.6 Å². The lowest BCUT2D eigenvalue weighted by molar-refractivity contribution is -0.122. The van der Waals surface area contributed by atoms with Crippen molar-refractivity contribution in [2.24, 2.45) is 0 Å². The molecule has 0 aromatic carbocycles. The molecule has 102 valence electrons. The maximum Gasteiger partial charge on any atom is 0.240 e. The van der Waals surface area contributed by atoms with E-state index in [1.165, 1.54) is 5.56 Å². The zero-order valence-electron chi connectivity index (χ0n) is 11.9. The molecule has 4 nitrogen and oxygen atoms in total. The summed E-state index contributed by atoms with van der Waals surface area (Å²) in [5.74, 6) is 0.0589. The van der Waals surface area contributed by atoms with Crippen molar-refractivity contribution < 1.29 is 4.79 Å². The van der Waals surface area contributed by atoms with Gasteiger partial charge in [-0.3, -0.25) is 4.79 Å². The van der Waals surface area contributed by atoms with Gasteiger partial charge in [0.1, 0.15) is 6.54 Å². The van der Waals surface area contributed by atoms with Gasteiger partial charge in [-0.15, -0.1) is 0 Å². The molecule has 2 N–H and O–H groups in total. The molecular weight excluding hydrogens is 226 g/mol. The second-order valence-electron chi connectivity index (χ2n) is 4.97. The highest BCUT2D eigenvalue weighted by Gasteiger charge is 2.10. The fraction of sp³-hybridized carbons (Fsp3) is 0.643. The summed E-state index contributed by atoms with van der Waals surface area (Å²) in [6, 6.07) is 2.65. The quantitative estimate of drug-likeness (QED) is 0.779. The normalized spacial score (nSPS) is 12.7. The van der Waals surface area contributed by atoms with Crippen molar-refractivity contribution in [3.05, 3.63) is 24.0 Å². The summed E-state index contributed by atoms with van der Waals surface area (Å²) in [4.78, 5) is 11.6. The van der Waals surface area contributed by atoms with Gasteiger partial charge in [0.15, 0.2) is 0 Å². The standard InChI is InChI=1S/C14H25N3O/c1-5-6-13(15-4)12-7-8-17(9-12)10-14(18)16-11(2)3/h7-9,11,13,15H,5-6,10H2,1-4H3,(H,16,18). The van der Waals surface area contributed by atoms with E-state index in [9.17, 15) is 4.79 Å². The van der Waals surface area contributed by atoms with Crippen molar-refractivity contribution in [2.75, 3.05) is 7.05 Å². The number of carbonyl (C=O) groups is 1. The number of hydrogen-bond acceptors (Lipinski definition) is 2. The zero-order chi connectivity index (χ0) is 13.5. The molecule has 0 spiro atoms. The number of carbonyl (C=O) groups excluding carboxylic acids is 1. The average Bonchev–Trinajstić information content (AvgIpc) is 2.72. The van der Waals surface area contributed by atoms with Crippen molar-refractivity contribution in [1.29, 1.82) is 0 Å². The first-order valence-corrected chi connectivity index (χ1v) is 6.69. The van der Waals surface area contributed by atoms with E-state index < -0.39 is 0 Å². The van der Waals surface area contributed by atoms with Gasteiger partial charge in [0.05, 0.1) is 0 Å². The summed E-state index contributed by atoms with van der Waals surface area (Å²) >= 11 is 0. The summed E-state index contributed by atoms with van der Waals surface area (Å²) in [5.41, 5.74) is 1.25. The molecular formula is C14H25N3O. The van der Waals surface area contributed by atoms with Crippen LogP contribution in [-0.4, -0.2) is 23.6 Å². The minimum absolute atomic E-state index is 0.0589. The second kappa shape index (κ2) is 7.21. The van der Waals surface area contributed by atoms with E-state index in [-0.39, 0.29) is 11.9 Å². The molecule has 0 aliphatic carbocycles. The van der Waals surface area contributed by atoms with Crippen LogP contribution in [0.2, 0.25) is 0 Å². The third kappa shape index (κ3) is 4.53. The van der Waals surface area contributed by atoms with Gasteiger partial charge in [-0.25, -0.2) is 0 Å². The molecule has 0 aliphatic heterocycles. The SMILES string of the molecule is CCCC(NC)c1ccn(CC(=O)NC(C)C)c1.